The number of hydrogen-bond acceptors (Lipinski definition) is 6. The van der Waals surface area contributed by atoms with Crippen LogP contribution in [-0.4, -0.2) is 37.7 Å². The van der Waals surface area contributed by atoms with Crippen LogP contribution < -0.4 is 0 Å². The highest BCUT2D eigenvalue weighted by Gasteiger charge is 2.32. The first-order valence-corrected chi connectivity index (χ1v) is 8.47. The SMILES string of the molecule is O=C(O)CCN1C(=O)/C(=C/C(Cl)=C/c2ccc([N+](=O)[O-])cc2)SC1=S. The highest BCUT2D eigenvalue weighted by molar-refractivity contribution is 8.26. The molecule has 1 amide bonds. The molecule has 1 aromatic carbocycles. The van der Waals surface area contributed by atoms with Crippen LogP contribution in [0.2, 0.25) is 0 Å². The number of benzene rings is 1. The third kappa shape index (κ3) is 5.12. The van der Waals surface area contributed by atoms with Crippen LogP contribution in [0, 0.1) is 10.1 Å². The van der Waals surface area contributed by atoms with Gasteiger partial charge in [-0.3, -0.25) is 24.6 Å². The summed E-state index contributed by atoms with van der Waals surface area (Å²) in [7, 11) is 0. The summed E-state index contributed by atoms with van der Waals surface area (Å²) in [6.07, 6.45) is 2.78. The number of thioether (sulfide) groups is 1. The lowest BCUT2D eigenvalue weighted by atomic mass is 10.2. The number of rotatable bonds is 6. The van der Waals surface area contributed by atoms with Gasteiger partial charge >= 0.3 is 5.97 Å². The van der Waals surface area contributed by atoms with Gasteiger partial charge in [-0.1, -0.05) is 35.6 Å². The fourth-order valence-electron chi connectivity index (χ4n) is 1.92. The van der Waals surface area contributed by atoms with Crippen molar-refractivity contribution in [3.05, 3.63) is 56.0 Å². The van der Waals surface area contributed by atoms with E-state index in [4.69, 9.17) is 28.9 Å². The van der Waals surface area contributed by atoms with Gasteiger partial charge in [0.2, 0.25) is 0 Å². The molecule has 1 aliphatic rings. The van der Waals surface area contributed by atoms with Crippen molar-refractivity contribution in [1.82, 2.24) is 4.90 Å². The molecule has 0 bridgehead atoms. The van der Waals surface area contributed by atoms with E-state index in [1.54, 1.807) is 6.08 Å². The summed E-state index contributed by atoms with van der Waals surface area (Å²) in [6, 6.07) is 5.77. The maximum absolute atomic E-state index is 12.2. The predicted octanol–water partition coefficient (Wildman–Crippen LogP) is 3.39. The van der Waals surface area contributed by atoms with Crippen LogP contribution in [0.25, 0.3) is 6.08 Å². The fraction of sp³-hybridized carbons (Fsp3) is 0.133. The minimum absolute atomic E-state index is 0.00102. The summed E-state index contributed by atoms with van der Waals surface area (Å²) in [5.41, 5.74) is 0.598. The van der Waals surface area contributed by atoms with E-state index in [2.05, 4.69) is 0 Å². The number of aliphatic carboxylic acids is 1. The number of carboxylic acids is 1. The van der Waals surface area contributed by atoms with Gasteiger partial charge in [0.15, 0.2) is 0 Å². The Morgan fingerprint density at radius 3 is 2.60 bits per heavy atom. The maximum atomic E-state index is 12.2. The van der Waals surface area contributed by atoms with Gasteiger partial charge in [-0.05, 0) is 29.8 Å². The molecular formula is C15H11ClN2O5S2. The molecule has 1 aromatic rings. The number of nitro groups is 1. The van der Waals surface area contributed by atoms with Crippen molar-refractivity contribution in [2.24, 2.45) is 0 Å². The molecule has 1 N–H and O–H groups in total. The second-order valence-corrected chi connectivity index (χ2v) is 6.97. The lowest BCUT2D eigenvalue weighted by molar-refractivity contribution is -0.384. The minimum atomic E-state index is -1.02. The summed E-state index contributed by atoms with van der Waals surface area (Å²) >= 11 is 12.2. The highest BCUT2D eigenvalue weighted by Crippen LogP contribution is 2.32. The van der Waals surface area contributed by atoms with Crippen LogP contribution in [0.15, 0.2) is 40.3 Å². The Morgan fingerprint density at radius 1 is 1.40 bits per heavy atom. The molecule has 0 aromatic heterocycles. The molecule has 2 rings (SSSR count). The number of allylic oxidation sites excluding steroid dienone is 2. The van der Waals surface area contributed by atoms with E-state index in [1.165, 1.54) is 35.2 Å². The van der Waals surface area contributed by atoms with Gasteiger partial charge in [0.05, 0.1) is 16.2 Å². The molecule has 25 heavy (non-hydrogen) atoms. The summed E-state index contributed by atoms with van der Waals surface area (Å²) in [4.78, 5) is 34.5. The second-order valence-electron chi connectivity index (χ2n) is 4.85. The van der Waals surface area contributed by atoms with E-state index >= 15 is 0 Å². The van der Waals surface area contributed by atoms with Gasteiger partial charge in [-0.2, -0.15) is 0 Å². The largest absolute Gasteiger partial charge is 0.481 e. The Bertz CT molecular complexity index is 805. The van der Waals surface area contributed by atoms with Gasteiger partial charge < -0.3 is 5.11 Å². The molecule has 1 saturated heterocycles. The molecule has 0 atom stereocenters. The second kappa shape index (κ2) is 8.24. The van der Waals surface area contributed by atoms with E-state index < -0.39 is 16.8 Å². The Labute approximate surface area is 157 Å². The third-order valence-corrected chi connectivity index (χ3v) is 4.70. The zero-order chi connectivity index (χ0) is 18.6. The van der Waals surface area contributed by atoms with Crippen molar-refractivity contribution in [3.8, 4) is 0 Å². The predicted molar refractivity (Wildman–Crippen MR) is 99.2 cm³/mol. The first-order valence-electron chi connectivity index (χ1n) is 6.87. The molecular weight excluding hydrogens is 388 g/mol. The van der Waals surface area contributed by atoms with Gasteiger partial charge in [0.1, 0.15) is 4.32 Å². The lowest BCUT2D eigenvalue weighted by Gasteiger charge is -2.12. The highest BCUT2D eigenvalue weighted by atomic mass is 35.5. The molecule has 1 fully saturated rings. The fourth-order valence-corrected chi connectivity index (χ4v) is 3.52. The van der Waals surface area contributed by atoms with Crippen molar-refractivity contribution in [3.63, 3.8) is 0 Å². The first-order chi connectivity index (χ1) is 11.8. The average Bonchev–Trinajstić information content (AvgIpc) is 2.79. The van der Waals surface area contributed by atoms with Crippen molar-refractivity contribution < 1.29 is 19.6 Å². The number of nitro benzene ring substituents is 1. The Morgan fingerprint density at radius 2 is 2.04 bits per heavy atom. The molecule has 1 aliphatic heterocycles. The van der Waals surface area contributed by atoms with Crippen LogP contribution >= 0.6 is 35.6 Å². The normalized spacial score (nSPS) is 16.6. The Balaban J connectivity index is 2.13. The Hall–Kier alpha value is -2.23. The molecule has 0 aliphatic carbocycles. The quantitative estimate of drug-likeness (QED) is 0.339. The third-order valence-electron chi connectivity index (χ3n) is 3.10. The van der Waals surface area contributed by atoms with Crippen LogP contribution in [0.5, 0.6) is 0 Å². The van der Waals surface area contributed by atoms with E-state index in [1.807, 2.05) is 0 Å². The smallest absolute Gasteiger partial charge is 0.305 e. The van der Waals surface area contributed by atoms with Crippen molar-refractivity contribution >= 4 is 63.5 Å². The van der Waals surface area contributed by atoms with E-state index in [9.17, 15) is 19.7 Å². The van der Waals surface area contributed by atoms with Gasteiger partial charge in [0, 0.05) is 23.7 Å². The van der Waals surface area contributed by atoms with E-state index in [0.29, 0.717) is 10.5 Å². The van der Waals surface area contributed by atoms with Crippen LogP contribution in [0.1, 0.15) is 12.0 Å². The molecule has 0 unspecified atom stereocenters. The van der Waals surface area contributed by atoms with Gasteiger partial charge in [-0.25, -0.2) is 0 Å². The maximum Gasteiger partial charge on any atom is 0.305 e. The summed E-state index contributed by atoms with van der Waals surface area (Å²) in [5, 5.41) is 19.6. The number of halogens is 1. The Kier molecular flexibility index (Phi) is 6.29. The molecule has 10 heteroatoms. The van der Waals surface area contributed by atoms with Crippen LogP contribution in [0.4, 0.5) is 5.69 Å². The number of carbonyl (C=O) groups excluding carboxylic acids is 1. The first kappa shape index (κ1) is 19.1. The van der Waals surface area contributed by atoms with E-state index in [-0.39, 0.29) is 28.0 Å². The number of amides is 1. The topological polar surface area (TPSA) is 101 Å². The number of hydrogen-bond donors (Lipinski definition) is 1. The summed E-state index contributed by atoms with van der Waals surface area (Å²) in [6.45, 7) is 0.00102. The number of nitrogens with zero attached hydrogens (tertiary/aromatic N) is 2. The average molecular weight is 399 g/mol. The van der Waals surface area contributed by atoms with Crippen molar-refractivity contribution in [2.75, 3.05) is 6.54 Å². The summed E-state index contributed by atoms with van der Waals surface area (Å²) in [5.74, 6) is -1.42. The number of non-ortho nitro benzene ring substituents is 1. The van der Waals surface area contributed by atoms with Gasteiger partial charge in [-0.15, -0.1) is 0 Å². The van der Waals surface area contributed by atoms with Crippen LogP contribution in [-0.2, 0) is 9.59 Å². The number of carboxylic acid groups (broad SMARTS) is 1. The molecule has 7 nitrogen and oxygen atoms in total. The molecule has 0 radical (unpaired) electrons. The number of thiocarbonyl (C=S) groups is 1. The molecule has 0 saturated carbocycles. The number of carbonyl (C=O) groups is 2. The van der Waals surface area contributed by atoms with E-state index in [0.717, 1.165) is 11.8 Å². The molecule has 1 heterocycles. The lowest BCUT2D eigenvalue weighted by Crippen LogP contribution is -2.30. The standard InChI is InChI=1S/C15H11ClN2O5S2/c16-10(7-9-1-3-11(4-2-9)18(22)23)8-12-14(21)17(15(24)25-12)6-5-13(19)20/h1-4,7-8H,5-6H2,(H,19,20)/b10-7-,12-8-. The minimum Gasteiger partial charge on any atom is -0.481 e. The van der Waals surface area contributed by atoms with Crippen LogP contribution in [0.3, 0.4) is 0 Å². The van der Waals surface area contributed by atoms with Crippen molar-refractivity contribution in [2.45, 2.75) is 6.42 Å². The molecule has 0 spiro atoms. The zero-order valence-electron chi connectivity index (χ0n) is 12.5. The summed E-state index contributed by atoms with van der Waals surface area (Å²) < 4.78 is 0.275. The van der Waals surface area contributed by atoms with Gasteiger partial charge in [0.25, 0.3) is 11.6 Å². The zero-order valence-corrected chi connectivity index (χ0v) is 14.9. The monoisotopic (exact) mass is 398 g/mol. The van der Waals surface area contributed by atoms with Crippen molar-refractivity contribution in [1.29, 1.82) is 0 Å². The molecule has 130 valence electrons.